The summed E-state index contributed by atoms with van der Waals surface area (Å²) in [7, 11) is 0. The van der Waals surface area contributed by atoms with Gasteiger partial charge in [0.2, 0.25) is 0 Å². The zero-order chi connectivity index (χ0) is 25.3. The highest BCUT2D eigenvalue weighted by Crippen LogP contribution is 2.32. The van der Waals surface area contributed by atoms with Gasteiger partial charge in [-0.1, -0.05) is 87.5 Å². The van der Waals surface area contributed by atoms with Gasteiger partial charge >= 0.3 is 0 Å². The van der Waals surface area contributed by atoms with Crippen molar-refractivity contribution in [2.24, 2.45) is 23.7 Å². The third-order valence-electron chi connectivity index (χ3n) is 8.68. The summed E-state index contributed by atoms with van der Waals surface area (Å²) >= 11 is 0. The van der Waals surface area contributed by atoms with Gasteiger partial charge in [-0.25, -0.2) is 0 Å². The molecule has 4 fully saturated rings. The van der Waals surface area contributed by atoms with Crippen LogP contribution in [0.3, 0.4) is 0 Å². The Morgan fingerprint density at radius 1 is 0.647 bits per heavy atom. The van der Waals surface area contributed by atoms with Crippen LogP contribution in [-0.2, 0) is 0 Å². The topological polar surface area (TPSA) is 6.48 Å². The minimum absolute atomic E-state index is 0.884. The van der Waals surface area contributed by atoms with Gasteiger partial charge in [-0.3, -0.25) is 0 Å². The molecule has 2 aliphatic heterocycles. The van der Waals surface area contributed by atoms with Crippen molar-refractivity contribution in [3.63, 3.8) is 0 Å². The molecule has 0 spiro atoms. The first-order valence-electron chi connectivity index (χ1n) is 15.8. The zero-order valence-corrected chi connectivity index (χ0v) is 25.1. The second kappa shape index (κ2) is 19.1. The van der Waals surface area contributed by atoms with E-state index in [2.05, 4.69) is 65.2 Å². The van der Waals surface area contributed by atoms with Gasteiger partial charge < -0.3 is 9.80 Å². The molecule has 2 saturated heterocycles. The molecule has 0 unspecified atom stereocenters. The molecule has 2 heteroatoms. The molecular formula is C32H66N2. The second-order valence-electron chi connectivity index (χ2n) is 12.6. The molecule has 0 radical (unpaired) electrons. The predicted octanol–water partition coefficient (Wildman–Crippen LogP) is 9.43. The van der Waals surface area contributed by atoms with E-state index in [-0.39, 0.29) is 0 Å². The van der Waals surface area contributed by atoms with Crippen molar-refractivity contribution >= 4 is 0 Å². The van der Waals surface area contributed by atoms with E-state index in [0.29, 0.717) is 0 Å². The van der Waals surface area contributed by atoms with Crippen molar-refractivity contribution in [2.75, 3.05) is 26.2 Å². The monoisotopic (exact) mass is 479 g/mol. The SMILES string of the molecule is CC(C)[C@@H]1CCCN(C2CCC2)C1.CCC.CCC(C)C.CCC[C@H]1CCCN(C2CCC2)C1. The number of rotatable bonds is 6. The number of nitrogens with zero attached hydrogens (tertiary/aromatic N) is 2. The fraction of sp³-hybridized carbons (Fsp3) is 1.00. The average molecular weight is 479 g/mol. The van der Waals surface area contributed by atoms with E-state index in [4.69, 9.17) is 0 Å². The standard InChI is InChI=1S/2C12H23N.C5H12.C3H8/c1-10(2)11-5-4-8-13(9-11)12-6-3-7-12;1-2-5-11-6-4-9-13(10-11)12-7-3-8-12;1-4-5(2)3;1-3-2/h10-12H,3-9H2,1-2H3;11-12H,2-10H2,1H3;5H,4H2,1-3H3;3H2,1-2H3/t2*11-;;/m10../s1. The maximum absolute atomic E-state index is 2.77. The van der Waals surface area contributed by atoms with Crippen LogP contribution in [0, 0.1) is 23.7 Å². The van der Waals surface area contributed by atoms with E-state index in [9.17, 15) is 0 Å². The predicted molar refractivity (Wildman–Crippen MR) is 155 cm³/mol. The number of hydrogen-bond acceptors (Lipinski definition) is 2. The maximum atomic E-state index is 2.77. The van der Waals surface area contributed by atoms with Crippen LogP contribution in [0.4, 0.5) is 0 Å². The minimum atomic E-state index is 0.884. The van der Waals surface area contributed by atoms with Gasteiger partial charge in [0.05, 0.1) is 0 Å². The summed E-state index contributed by atoms with van der Waals surface area (Å²) in [6.45, 7) is 23.6. The molecule has 0 N–H and O–H groups in total. The quantitative estimate of drug-likeness (QED) is 0.375. The Labute approximate surface area is 217 Å². The van der Waals surface area contributed by atoms with E-state index in [1.807, 2.05) is 0 Å². The smallest absolute Gasteiger partial charge is 0.00953 e. The number of likely N-dealkylation sites (tertiary alicyclic amines) is 2. The first kappa shape index (κ1) is 31.9. The van der Waals surface area contributed by atoms with E-state index in [0.717, 1.165) is 35.8 Å². The summed E-state index contributed by atoms with van der Waals surface area (Å²) in [5.74, 6) is 3.78. The van der Waals surface area contributed by atoms with Crippen molar-refractivity contribution in [1.82, 2.24) is 9.80 Å². The Hall–Kier alpha value is -0.0800. The summed E-state index contributed by atoms with van der Waals surface area (Å²) in [4.78, 5) is 5.53. The van der Waals surface area contributed by atoms with Crippen molar-refractivity contribution in [3.8, 4) is 0 Å². The van der Waals surface area contributed by atoms with Crippen molar-refractivity contribution < 1.29 is 0 Å². The van der Waals surface area contributed by atoms with Crippen molar-refractivity contribution in [1.29, 1.82) is 0 Å². The summed E-state index contributed by atoms with van der Waals surface area (Å²) in [6, 6.07) is 1.96. The summed E-state index contributed by atoms with van der Waals surface area (Å²) in [5.41, 5.74) is 0. The molecule has 204 valence electrons. The van der Waals surface area contributed by atoms with Gasteiger partial charge in [0, 0.05) is 25.2 Å². The van der Waals surface area contributed by atoms with E-state index in [1.165, 1.54) is 116 Å². The minimum Gasteiger partial charge on any atom is -0.300 e. The van der Waals surface area contributed by atoms with E-state index in [1.54, 1.807) is 0 Å². The molecular weight excluding hydrogens is 412 g/mol. The number of piperidine rings is 2. The van der Waals surface area contributed by atoms with Gasteiger partial charge in [0.15, 0.2) is 0 Å². The summed E-state index contributed by atoms with van der Waals surface area (Å²) < 4.78 is 0. The fourth-order valence-electron chi connectivity index (χ4n) is 5.49. The zero-order valence-electron chi connectivity index (χ0n) is 25.1. The van der Waals surface area contributed by atoms with Crippen molar-refractivity contribution in [2.45, 2.75) is 157 Å². The third-order valence-corrected chi connectivity index (χ3v) is 8.68. The average Bonchev–Trinajstić information content (AvgIpc) is 2.73. The third kappa shape index (κ3) is 12.8. The lowest BCUT2D eigenvalue weighted by Crippen LogP contribution is -2.46. The Kier molecular flexibility index (Phi) is 17.9. The Morgan fingerprint density at radius 2 is 1.12 bits per heavy atom. The van der Waals surface area contributed by atoms with E-state index < -0.39 is 0 Å². The highest BCUT2D eigenvalue weighted by atomic mass is 15.2. The van der Waals surface area contributed by atoms with Crippen LogP contribution in [-0.4, -0.2) is 48.1 Å². The molecule has 2 saturated carbocycles. The number of hydrogen-bond donors (Lipinski definition) is 0. The molecule has 0 aromatic heterocycles. The molecule has 4 rings (SSSR count). The Balaban J connectivity index is 0.000000261. The van der Waals surface area contributed by atoms with Crippen LogP contribution in [0.25, 0.3) is 0 Å². The first-order valence-corrected chi connectivity index (χ1v) is 15.8. The molecule has 2 nitrogen and oxygen atoms in total. The van der Waals surface area contributed by atoms with Gasteiger partial charge in [0.1, 0.15) is 0 Å². The molecule has 2 aliphatic carbocycles. The summed E-state index contributed by atoms with van der Waals surface area (Å²) in [6.07, 6.45) is 20.2. The first-order chi connectivity index (χ1) is 16.4. The maximum Gasteiger partial charge on any atom is 0.00953 e. The highest BCUT2D eigenvalue weighted by molar-refractivity contribution is 4.85. The highest BCUT2D eigenvalue weighted by Gasteiger charge is 2.30. The van der Waals surface area contributed by atoms with Crippen LogP contribution in [0.15, 0.2) is 0 Å². The van der Waals surface area contributed by atoms with Crippen LogP contribution in [0.5, 0.6) is 0 Å². The molecule has 0 bridgehead atoms. The fourth-order valence-corrected chi connectivity index (χ4v) is 5.49. The molecule has 34 heavy (non-hydrogen) atoms. The molecule has 2 heterocycles. The van der Waals surface area contributed by atoms with Crippen molar-refractivity contribution in [3.05, 3.63) is 0 Å². The van der Waals surface area contributed by atoms with Gasteiger partial charge in [-0.2, -0.15) is 0 Å². The largest absolute Gasteiger partial charge is 0.300 e. The molecule has 0 aromatic rings. The normalized spacial score (nSPS) is 26.3. The van der Waals surface area contributed by atoms with Gasteiger partial charge in [-0.05, 0) is 94.5 Å². The molecule has 0 amide bonds. The van der Waals surface area contributed by atoms with Crippen LogP contribution < -0.4 is 0 Å². The Morgan fingerprint density at radius 3 is 1.50 bits per heavy atom. The van der Waals surface area contributed by atoms with Crippen LogP contribution in [0.2, 0.25) is 0 Å². The van der Waals surface area contributed by atoms with Crippen LogP contribution in [0.1, 0.15) is 145 Å². The molecule has 4 aliphatic rings. The van der Waals surface area contributed by atoms with Gasteiger partial charge in [-0.15, -0.1) is 0 Å². The molecule has 0 aromatic carbocycles. The van der Waals surface area contributed by atoms with Crippen LogP contribution >= 0.6 is 0 Å². The lowest BCUT2D eigenvalue weighted by molar-refractivity contribution is 0.0632. The Bertz CT molecular complexity index is 450. The second-order valence-corrected chi connectivity index (χ2v) is 12.6. The summed E-state index contributed by atoms with van der Waals surface area (Å²) in [5, 5.41) is 0. The van der Waals surface area contributed by atoms with Gasteiger partial charge in [0.25, 0.3) is 0 Å². The van der Waals surface area contributed by atoms with E-state index >= 15 is 0 Å². The lowest BCUT2D eigenvalue weighted by Gasteiger charge is -2.43. The lowest BCUT2D eigenvalue weighted by atomic mass is 9.84. The molecule has 2 atom stereocenters.